The third kappa shape index (κ3) is 4.30. The molecular weight excluding hydrogens is 333 g/mol. The van der Waals surface area contributed by atoms with Crippen LogP contribution in [0, 0.1) is 5.82 Å². The standard InChI is InChI=1S/C20H16FN3O2/c1-13(25)14-3-2-4-18(9-14)24-20(26)15-10-19(12-22-11-15)23-17-7-5-16(21)6-8-17/h2-12,23H,1H3,(H,24,26). The number of hydrogen-bond donors (Lipinski definition) is 2. The molecule has 0 saturated heterocycles. The Balaban J connectivity index is 1.74. The number of rotatable bonds is 5. The Morgan fingerprint density at radius 2 is 1.62 bits per heavy atom. The van der Waals surface area contributed by atoms with Crippen molar-refractivity contribution in [3.8, 4) is 0 Å². The van der Waals surface area contributed by atoms with Crippen LogP contribution in [0.1, 0.15) is 27.6 Å². The number of hydrogen-bond acceptors (Lipinski definition) is 4. The summed E-state index contributed by atoms with van der Waals surface area (Å²) < 4.78 is 13.0. The molecule has 0 aliphatic rings. The van der Waals surface area contributed by atoms with Crippen molar-refractivity contribution in [2.24, 2.45) is 0 Å². The molecule has 0 unspecified atom stereocenters. The Bertz CT molecular complexity index is 955. The molecule has 0 fully saturated rings. The lowest BCUT2D eigenvalue weighted by Gasteiger charge is -2.09. The Hall–Kier alpha value is -3.54. The van der Waals surface area contributed by atoms with Gasteiger partial charge in [-0.15, -0.1) is 0 Å². The van der Waals surface area contributed by atoms with Crippen LogP contribution in [0.4, 0.5) is 21.5 Å². The van der Waals surface area contributed by atoms with Crippen LogP contribution >= 0.6 is 0 Å². The zero-order valence-electron chi connectivity index (χ0n) is 14.0. The normalized spacial score (nSPS) is 10.2. The first-order chi connectivity index (χ1) is 12.5. The highest BCUT2D eigenvalue weighted by molar-refractivity contribution is 6.05. The molecule has 6 heteroatoms. The van der Waals surface area contributed by atoms with E-state index in [1.165, 1.54) is 25.3 Å². The van der Waals surface area contributed by atoms with Crippen molar-refractivity contribution >= 4 is 28.8 Å². The number of amides is 1. The fourth-order valence-electron chi connectivity index (χ4n) is 2.35. The molecule has 130 valence electrons. The number of ketones is 1. The molecule has 1 aromatic heterocycles. The summed E-state index contributed by atoms with van der Waals surface area (Å²) in [4.78, 5) is 27.9. The number of benzene rings is 2. The molecule has 0 bridgehead atoms. The van der Waals surface area contributed by atoms with Crippen molar-refractivity contribution in [1.82, 2.24) is 4.98 Å². The molecule has 1 heterocycles. The SMILES string of the molecule is CC(=O)c1cccc(NC(=O)c2cncc(Nc3ccc(F)cc3)c2)c1. The van der Waals surface area contributed by atoms with Crippen molar-refractivity contribution in [2.75, 3.05) is 10.6 Å². The first-order valence-electron chi connectivity index (χ1n) is 7.91. The minimum Gasteiger partial charge on any atom is -0.354 e. The van der Waals surface area contributed by atoms with Gasteiger partial charge in [0.25, 0.3) is 5.91 Å². The van der Waals surface area contributed by atoms with E-state index in [-0.39, 0.29) is 17.5 Å². The first-order valence-corrected chi connectivity index (χ1v) is 7.91. The summed E-state index contributed by atoms with van der Waals surface area (Å²) in [6, 6.07) is 14.2. The van der Waals surface area contributed by atoms with Crippen LogP contribution < -0.4 is 10.6 Å². The van der Waals surface area contributed by atoms with Crippen molar-refractivity contribution < 1.29 is 14.0 Å². The highest BCUT2D eigenvalue weighted by atomic mass is 19.1. The molecule has 0 saturated carbocycles. The smallest absolute Gasteiger partial charge is 0.257 e. The van der Waals surface area contributed by atoms with Crippen LogP contribution in [0.15, 0.2) is 67.0 Å². The zero-order chi connectivity index (χ0) is 18.5. The summed E-state index contributed by atoms with van der Waals surface area (Å²) in [7, 11) is 0. The summed E-state index contributed by atoms with van der Waals surface area (Å²) in [6.45, 7) is 1.47. The van der Waals surface area contributed by atoms with Gasteiger partial charge in [-0.2, -0.15) is 0 Å². The first kappa shape index (κ1) is 17.3. The van der Waals surface area contributed by atoms with Crippen LogP contribution in [0.5, 0.6) is 0 Å². The van der Waals surface area contributed by atoms with Gasteiger partial charge in [0.2, 0.25) is 0 Å². The van der Waals surface area contributed by atoms with Gasteiger partial charge in [0.15, 0.2) is 5.78 Å². The minimum absolute atomic E-state index is 0.0757. The van der Waals surface area contributed by atoms with E-state index < -0.39 is 0 Å². The lowest BCUT2D eigenvalue weighted by Crippen LogP contribution is -2.13. The molecule has 2 N–H and O–H groups in total. The largest absolute Gasteiger partial charge is 0.354 e. The van der Waals surface area contributed by atoms with Gasteiger partial charge in [0, 0.05) is 23.1 Å². The summed E-state index contributed by atoms with van der Waals surface area (Å²) in [5.41, 5.74) is 2.68. The number of Topliss-reactive ketones (excluding diaryl/α,β-unsaturated/α-hetero) is 1. The second-order valence-corrected chi connectivity index (χ2v) is 5.69. The van der Waals surface area contributed by atoms with Gasteiger partial charge in [-0.05, 0) is 49.4 Å². The Labute approximate surface area is 149 Å². The third-order valence-electron chi connectivity index (χ3n) is 3.66. The predicted octanol–water partition coefficient (Wildman–Crippen LogP) is 4.42. The van der Waals surface area contributed by atoms with E-state index >= 15 is 0 Å². The number of carbonyl (C=O) groups is 2. The number of carbonyl (C=O) groups excluding carboxylic acids is 2. The maximum atomic E-state index is 13.0. The van der Waals surface area contributed by atoms with E-state index in [0.29, 0.717) is 28.2 Å². The summed E-state index contributed by atoms with van der Waals surface area (Å²) >= 11 is 0. The number of nitrogens with zero attached hydrogens (tertiary/aromatic N) is 1. The lowest BCUT2D eigenvalue weighted by molar-refractivity contribution is 0.101. The van der Waals surface area contributed by atoms with Gasteiger partial charge in [-0.1, -0.05) is 12.1 Å². The van der Waals surface area contributed by atoms with Gasteiger partial charge in [0.1, 0.15) is 5.82 Å². The van der Waals surface area contributed by atoms with E-state index in [0.717, 1.165) is 0 Å². The molecule has 0 radical (unpaired) electrons. The van der Waals surface area contributed by atoms with Crippen molar-refractivity contribution in [2.45, 2.75) is 6.92 Å². The van der Waals surface area contributed by atoms with Crippen molar-refractivity contribution in [3.05, 3.63) is 83.9 Å². The average Bonchev–Trinajstić information content (AvgIpc) is 2.64. The number of aromatic nitrogens is 1. The predicted molar refractivity (Wildman–Crippen MR) is 98.3 cm³/mol. The van der Waals surface area contributed by atoms with E-state index in [2.05, 4.69) is 15.6 Å². The minimum atomic E-state index is -0.346. The molecule has 0 aliphatic carbocycles. The Morgan fingerprint density at radius 3 is 2.35 bits per heavy atom. The van der Waals surface area contributed by atoms with Gasteiger partial charge >= 0.3 is 0 Å². The summed E-state index contributed by atoms with van der Waals surface area (Å²) in [5.74, 6) is -0.746. The number of halogens is 1. The Kier molecular flexibility index (Phi) is 5.03. The lowest BCUT2D eigenvalue weighted by atomic mass is 10.1. The highest BCUT2D eigenvalue weighted by Gasteiger charge is 2.09. The summed E-state index contributed by atoms with van der Waals surface area (Å²) in [6.07, 6.45) is 3.01. The zero-order valence-corrected chi connectivity index (χ0v) is 14.0. The fraction of sp³-hybridized carbons (Fsp3) is 0.0500. The Morgan fingerprint density at radius 1 is 0.885 bits per heavy atom. The number of pyridine rings is 1. The van der Waals surface area contributed by atoms with Crippen molar-refractivity contribution in [1.29, 1.82) is 0 Å². The molecule has 0 atom stereocenters. The van der Waals surface area contributed by atoms with Crippen LogP contribution in [-0.2, 0) is 0 Å². The maximum Gasteiger partial charge on any atom is 0.257 e. The maximum absolute atomic E-state index is 13.0. The van der Waals surface area contributed by atoms with E-state index in [4.69, 9.17) is 0 Å². The molecule has 0 aliphatic heterocycles. The topological polar surface area (TPSA) is 71.1 Å². The molecule has 3 rings (SSSR count). The third-order valence-corrected chi connectivity index (χ3v) is 3.66. The molecule has 26 heavy (non-hydrogen) atoms. The average molecular weight is 349 g/mol. The molecule has 2 aromatic carbocycles. The van der Waals surface area contributed by atoms with E-state index in [1.807, 2.05) is 0 Å². The monoisotopic (exact) mass is 349 g/mol. The molecule has 1 amide bonds. The second kappa shape index (κ2) is 7.57. The van der Waals surface area contributed by atoms with Gasteiger partial charge in [0.05, 0.1) is 17.4 Å². The van der Waals surface area contributed by atoms with Gasteiger partial charge < -0.3 is 10.6 Å². The van der Waals surface area contributed by atoms with E-state index in [1.54, 1.807) is 48.7 Å². The highest BCUT2D eigenvalue weighted by Crippen LogP contribution is 2.18. The number of nitrogens with one attached hydrogen (secondary N) is 2. The fourth-order valence-corrected chi connectivity index (χ4v) is 2.35. The van der Waals surface area contributed by atoms with Gasteiger partial charge in [-0.25, -0.2) is 4.39 Å². The molecule has 3 aromatic rings. The van der Waals surface area contributed by atoms with Crippen molar-refractivity contribution in [3.63, 3.8) is 0 Å². The van der Waals surface area contributed by atoms with Crippen LogP contribution in [0.25, 0.3) is 0 Å². The van der Waals surface area contributed by atoms with Gasteiger partial charge in [-0.3, -0.25) is 14.6 Å². The number of anilines is 3. The van der Waals surface area contributed by atoms with E-state index in [9.17, 15) is 14.0 Å². The van der Waals surface area contributed by atoms with Crippen LogP contribution in [0.3, 0.4) is 0 Å². The summed E-state index contributed by atoms with van der Waals surface area (Å²) in [5, 5.41) is 5.80. The molecule has 0 spiro atoms. The van der Waals surface area contributed by atoms with Crippen LogP contribution in [-0.4, -0.2) is 16.7 Å². The molecular formula is C20H16FN3O2. The quantitative estimate of drug-likeness (QED) is 0.669. The van der Waals surface area contributed by atoms with Crippen LogP contribution in [0.2, 0.25) is 0 Å². The second-order valence-electron chi connectivity index (χ2n) is 5.69. The molecule has 5 nitrogen and oxygen atoms in total.